The van der Waals surface area contributed by atoms with Crippen molar-refractivity contribution in [1.29, 1.82) is 0 Å². The summed E-state index contributed by atoms with van der Waals surface area (Å²) in [6.07, 6.45) is 0.562. The fourth-order valence-corrected chi connectivity index (χ4v) is 1.21. The van der Waals surface area contributed by atoms with Crippen LogP contribution in [0.1, 0.15) is 33.6 Å². The van der Waals surface area contributed by atoms with Gasteiger partial charge in [-0.15, -0.1) is 0 Å². The molecule has 0 fully saturated rings. The summed E-state index contributed by atoms with van der Waals surface area (Å²) in [5, 5.41) is 5.02. The number of carbonyl (C=O) groups is 2. The maximum Gasteiger partial charge on any atom is 0.408 e. The summed E-state index contributed by atoms with van der Waals surface area (Å²) in [7, 11) is 1.52. The summed E-state index contributed by atoms with van der Waals surface area (Å²) in [5.74, 6) is -0.246. The van der Waals surface area contributed by atoms with Crippen molar-refractivity contribution < 1.29 is 14.3 Å². The van der Waals surface area contributed by atoms with Crippen molar-refractivity contribution in [3.63, 3.8) is 0 Å². The SMILES string of the molecule is CNC(=O)C(CCCN)NC(=O)OC(C)(C)C. The van der Waals surface area contributed by atoms with Gasteiger partial charge in [0, 0.05) is 7.05 Å². The predicted octanol–water partition coefficient (Wildman–Crippen LogP) is 0.365. The lowest BCUT2D eigenvalue weighted by Crippen LogP contribution is -2.47. The highest BCUT2D eigenvalue weighted by molar-refractivity contribution is 5.85. The lowest BCUT2D eigenvalue weighted by atomic mass is 10.1. The monoisotopic (exact) mass is 245 g/mol. The molecule has 0 heterocycles. The van der Waals surface area contributed by atoms with E-state index in [0.29, 0.717) is 19.4 Å². The number of ether oxygens (including phenoxy) is 1. The molecule has 0 aromatic carbocycles. The molecular weight excluding hydrogens is 222 g/mol. The van der Waals surface area contributed by atoms with Crippen molar-refractivity contribution in [3.05, 3.63) is 0 Å². The summed E-state index contributed by atoms with van der Waals surface area (Å²) in [5.41, 5.74) is 4.80. The number of amides is 2. The van der Waals surface area contributed by atoms with E-state index < -0.39 is 17.7 Å². The fourth-order valence-electron chi connectivity index (χ4n) is 1.21. The molecule has 6 heteroatoms. The quantitative estimate of drug-likeness (QED) is 0.652. The molecule has 0 saturated heterocycles. The molecule has 0 radical (unpaired) electrons. The van der Waals surface area contributed by atoms with Gasteiger partial charge in [-0.3, -0.25) is 4.79 Å². The molecule has 0 saturated carbocycles. The molecule has 0 aromatic rings. The van der Waals surface area contributed by atoms with Gasteiger partial charge in [0.1, 0.15) is 11.6 Å². The van der Waals surface area contributed by atoms with Crippen molar-refractivity contribution in [1.82, 2.24) is 10.6 Å². The summed E-state index contributed by atoms with van der Waals surface area (Å²) in [6.45, 7) is 5.77. The van der Waals surface area contributed by atoms with Crippen LogP contribution in [0.15, 0.2) is 0 Å². The van der Waals surface area contributed by atoms with Gasteiger partial charge >= 0.3 is 6.09 Å². The Labute approximate surface area is 102 Å². The second-order valence-corrected chi connectivity index (χ2v) is 4.74. The van der Waals surface area contributed by atoms with E-state index in [2.05, 4.69) is 10.6 Å². The first kappa shape index (κ1) is 15.7. The fraction of sp³-hybridized carbons (Fsp3) is 0.818. The first-order chi connectivity index (χ1) is 7.80. The lowest BCUT2D eigenvalue weighted by molar-refractivity contribution is -0.122. The molecule has 17 heavy (non-hydrogen) atoms. The minimum Gasteiger partial charge on any atom is -0.444 e. The Kier molecular flexibility index (Phi) is 6.57. The molecule has 4 N–H and O–H groups in total. The summed E-state index contributed by atoms with van der Waals surface area (Å²) in [4.78, 5) is 23.0. The van der Waals surface area contributed by atoms with Gasteiger partial charge in [-0.25, -0.2) is 4.79 Å². The van der Waals surface area contributed by atoms with Gasteiger partial charge in [0.15, 0.2) is 0 Å². The van der Waals surface area contributed by atoms with E-state index in [4.69, 9.17) is 10.5 Å². The van der Waals surface area contributed by atoms with Crippen LogP contribution in [0.3, 0.4) is 0 Å². The van der Waals surface area contributed by atoms with Crippen LogP contribution in [-0.4, -0.2) is 37.2 Å². The Morgan fingerprint density at radius 2 is 1.94 bits per heavy atom. The van der Waals surface area contributed by atoms with Gasteiger partial charge in [0.05, 0.1) is 0 Å². The summed E-state index contributed by atoms with van der Waals surface area (Å²) < 4.78 is 5.08. The van der Waals surface area contributed by atoms with Crippen molar-refractivity contribution >= 4 is 12.0 Å². The summed E-state index contributed by atoms with van der Waals surface area (Å²) >= 11 is 0. The minimum atomic E-state index is -0.599. The van der Waals surface area contributed by atoms with E-state index in [1.165, 1.54) is 7.05 Å². The number of alkyl carbamates (subject to hydrolysis) is 1. The Bertz CT molecular complexity index is 261. The standard InChI is InChI=1S/C11H23N3O3/c1-11(2,3)17-10(16)14-8(6-5-7-12)9(15)13-4/h8H,5-7,12H2,1-4H3,(H,13,15)(H,14,16). The topological polar surface area (TPSA) is 93.5 Å². The van der Waals surface area contributed by atoms with E-state index in [9.17, 15) is 9.59 Å². The zero-order valence-electron chi connectivity index (χ0n) is 11.0. The number of carbonyl (C=O) groups excluding carboxylic acids is 2. The number of rotatable bonds is 5. The first-order valence-corrected chi connectivity index (χ1v) is 5.71. The molecule has 0 rings (SSSR count). The molecule has 0 aliphatic carbocycles. The first-order valence-electron chi connectivity index (χ1n) is 5.71. The van der Waals surface area contributed by atoms with Gasteiger partial charge in [-0.2, -0.15) is 0 Å². The second-order valence-electron chi connectivity index (χ2n) is 4.74. The van der Waals surface area contributed by atoms with Crippen molar-refractivity contribution in [3.8, 4) is 0 Å². The lowest BCUT2D eigenvalue weighted by Gasteiger charge is -2.22. The van der Waals surface area contributed by atoms with E-state index in [1.807, 2.05) is 0 Å². The molecule has 0 aromatic heterocycles. The highest BCUT2D eigenvalue weighted by Gasteiger charge is 2.22. The van der Waals surface area contributed by atoms with Crippen LogP contribution in [0.5, 0.6) is 0 Å². The van der Waals surface area contributed by atoms with Gasteiger partial charge in [0.25, 0.3) is 0 Å². The van der Waals surface area contributed by atoms with Crippen LogP contribution in [0, 0.1) is 0 Å². The molecule has 0 aliphatic rings. The third-order valence-electron chi connectivity index (χ3n) is 1.95. The molecule has 6 nitrogen and oxygen atoms in total. The zero-order chi connectivity index (χ0) is 13.5. The largest absolute Gasteiger partial charge is 0.444 e. The molecule has 0 aliphatic heterocycles. The average molecular weight is 245 g/mol. The molecule has 2 amide bonds. The Balaban J connectivity index is 4.32. The Hall–Kier alpha value is -1.30. The van der Waals surface area contributed by atoms with Crippen molar-refractivity contribution in [2.24, 2.45) is 5.73 Å². The van der Waals surface area contributed by atoms with Crippen LogP contribution in [0.4, 0.5) is 4.79 Å². The van der Waals surface area contributed by atoms with Crippen LogP contribution in [0.2, 0.25) is 0 Å². The molecule has 0 spiro atoms. The van der Waals surface area contributed by atoms with E-state index >= 15 is 0 Å². The van der Waals surface area contributed by atoms with Crippen molar-refractivity contribution in [2.45, 2.75) is 45.3 Å². The maximum atomic E-state index is 11.5. The van der Waals surface area contributed by atoms with Crippen LogP contribution < -0.4 is 16.4 Å². The Morgan fingerprint density at radius 1 is 1.35 bits per heavy atom. The van der Waals surface area contributed by atoms with E-state index in [0.717, 1.165) is 0 Å². The van der Waals surface area contributed by atoms with Gasteiger partial charge in [0.2, 0.25) is 5.91 Å². The predicted molar refractivity (Wildman–Crippen MR) is 65.5 cm³/mol. The highest BCUT2D eigenvalue weighted by atomic mass is 16.6. The van der Waals surface area contributed by atoms with Crippen LogP contribution in [0.25, 0.3) is 0 Å². The van der Waals surface area contributed by atoms with Gasteiger partial charge < -0.3 is 21.1 Å². The minimum absolute atomic E-state index is 0.246. The van der Waals surface area contributed by atoms with Crippen LogP contribution in [-0.2, 0) is 9.53 Å². The number of likely N-dealkylation sites (N-methyl/N-ethyl adjacent to an activating group) is 1. The second kappa shape index (κ2) is 7.11. The molecular formula is C11H23N3O3. The number of hydrogen-bond donors (Lipinski definition) is 3. The van der Waals surface area contributed by atoms with Crippen LogP contribution >= 0.6 is 0 Å². The van der Waals surface area contributed by atoms with E-state index in [1.54, 1.807) is 20.8 Å². The number of nitrogens with two attached hydrogens (primary N) is 1. The molecule has 0 bridgehead atoms. The number of hydrogen-bond acceptors (Lipinski definition) is 4. The average Bonchev–Trinajstić information content (AvgIpc) is 2.20. The van der Waals surface area contributed by atoms with Gasteiger partial charge in [-0.05, 0) is 40.2 Å². The van der Waals surface area contributed by atoms with Crippen molar-refractivity contribution in [2.75, 3.05) is 13.6 Å². The van der Waals surface area contributed by atoms with Gasteiger partial charge in [-0.1, -0.05) is 0 Å². The highest BCUT2D eigenvalue weighted by Crippen LogP contribution is 2.07. The molecule has 1 atom stereocenters. The third kappa shape index (κ3) is 7.57. The number of nitrogens with one attached hydrogen (secondary N) is 2. The molecule has 100 valence electrons. The third-order valence-corrected chi connectivity index (χ3v) is 1.95. The smallest absolute Gasteiger partial charge is 0.408 e. The molecule has 1 unspecified atom stereocenters. The zero-order valence-corrected chi connectivity index (χ0v) is 11.0. The normalized spacial score (nSPS) is 12.8. The summed E-state index contributed by atoms with van der Waals surface area (Å²) in [6, 6.07) is -0.599. The van der Waals surface area contributed by atoms with E-state index in [-0.39, 0.29) is 5.91 Å². The Morgan fingerprint density at radius 3 is 2.35 bits per heavy atom. The maximum absolute atomic E-state index is 11.5.